The van der Waals surface area contributed by atoms with Crippen LogP contribution in [0.3, 0.4) is 0 Å². The van der Waals surface area contributed by atoms with Crippen LogP contribution in [0.25, 0.3) is 0 Å². The molecular weight excluding hydrogens is 332 g/mol. The SMILES string of the molecule is CCN(CCCNC(=NC)NCC(C)c1ccsc1)S(C)(=O)=O. The number of hydrogen-bond acceptors (Lipinski definition) is 4. The average molecular weight is 361 g/mol. The molecule has 1 unspecified atom stereocenters. The highest BCUT2D eigenvalue weighted by Gasteiger charge is 2.13. The molecule has 23 heavy (non-hydrogen) atoms. The summed E-state index contributed by atoms with van der Waals surface area (Å²) in [6.45, 7) is 6.53. The zero-order valence-electron chi connectivity index (χ0n) is 14.4. The standard InChI is InChI=1S/C15H28N4O2S2/c1-5-19(23(4,20)21)9-6-8-17-15(16-3)18-11-13(2)14-7-10-22-12-14/h7,10,12-13H,5-6,8-9,11H2,1-4H3,(H2,16,17,18). The van der Waals surface area contributed by atoms with Crippen LogP contribution in [0.1, 0.15) is 31.7 Å². The number of thiophene rings is 1. The van der Waals surface area contributed by atoms with Gasteiger partial charge in [-0.25, -0.2) is 12.7 Å². The Balaban J connectivity index is 2.29. The Morgan fingerprint density at radius 3 is 2.70 bits per heavy atom. The molecule has 0 radical (unpaired) electrons. The number of rotatable bonds is 9. The van der Waals surface area contributed by atoms with Gasteiger partial charge in [-0.05, 0) is 34.7 Å². The van der Waals surface area contributed by atoms with Crippen molar-refractivity contribution in [1.29, 1.82) is 0 Å². The predicted octanol–water partition coefficient (Wildman–Crippen LogP) is 1.69. The van der Waals surface area contributed by atoms with Crippen molar-refractivity contribution in [3.63, 3.8) is 0 Å². The molecule has 0 aliphatic rings. The van der Waals surface area contributed by atoms with Gasteiger partial charge in [0.2, 0.25) is 10.0 Å². The quantitative estimate of drug-likeness (QED) is 0.399. The van der Waals surface area contributed by atoms with Crippen LogP contribution in [-0.4, -0.2) is 58.2 Å². The van der Waals surface area contributed by atoms with Crippen LogP contribution in [0, 0.1) is 0 Å². The molecule has 0 aliphatic heterocycles. The van der Waals surface area contributed by atoms with E-state index in [0.29, 0.717) is 25.6 Å². The molecule has 1 rings (SSSR count). The smallest absolute Gasteiger partial charge is 0.211 e. The lowest BCUT2D eigenvalue weighted by atomic mass is 10.1. The second-order valence-corrected chi connectivity index (χ2v) is 8.21. The normalized spacial score (nSPS) is 14.0. The van der Waals surface area contributed by atoms with Gasteiger partial charge in [-0.3, -0.25) is 4.99 Å². The lowest BCUT2D eigenvalue weighted by Gasteiger charge is -2.19. The first-order valence-corrected chi connectivity index (χ1v) is 10.6. The van der Waals surface area contributed by atoms with Crippen LogP contribution in [-0.2, 0) is 10.0 Å². The van der Waals surface area contributed by atoms with Gasteiger partial charge in [-0.2, -0.15) is 11.3 Å². The van der Waals surface area contributed by atoms with E-state index in [-0.39, 0.29) is 0 Å². The molecule has 2 N–H and O–H groups in total. The largest absolute Gasteiger partial charge is 0.356 e. The fraction of sp³-hybridized carbons (Fsp3) is 0.667. The molecule has 0 amide bonds. The Bertz CT molecular complexity index is 570. The van der Waals surface area contributed by atoms with Gasteiger partial charge in [-0.15, -0.1) is 0 Å². The van der Waals surface area contributed by atoms with Crippen molar-refractivity contribution in [2.24, 2.45) is 4.99 Å². The van der Waals surface area contributed by atoms with Gasteiger partial charge < -0.3 is 10.6 Å². The van der Waals surface area contributed by atoms with Crippen LogP contribution in [0.5, 0.6) is 0 Å². The highest BCUT2D eigenvalue weighted by atomic mass is 32.2. The molecule has 0 saturated carbocycles. The van der Waals surface area contributed by atoms with Crippen molar-refractivity contribution >= 4 is 27.3 Å². The van der Waals surface area contributed by atoms with E-state index in [9.17, 15) is 8.42 Å². The third kappa shape index (κ3) is 7.32. The Hall–Kier alpha value is -1.12. The molecule has 8 heteroatoms. The lowest BCUT2D eigenvalue weighted by molar-refractivity contribution is 0.424. The Kier molecular flexibility index (Phi) is 8.57. The fourth-order valence-corrected chi connectivity index (χ4v) is 3.88. The average Bonchev–Trinajstić information content (AvgIpc) is 3.03. The van der Waals surface area contributed by atoms with Crippen LogP contribution in [0.2, 0.25) is 0 Å². The van der Waals surface area contributed by atoms with E-state index in [1.807, 2.05) is 6.92 Å². The molecular formula is C15H28N4O2S2. The lowest BCUT2D eigenvalue weighted by Crippen LogP contribution is -2.40. The third-order valence-electron chi connectivity index (χ3n) is 3.61. The van der Waals surface area contributed by atoms with E-state index in [1.54, 1.807) is 18.4 Å². The summed E-state index contributed by atoms with van der Waals surface area (Å²) in [4.78, 5) is 4.19. The number of nitrogens with one attached hydrogen (secondary N) is 2. The molecule has 0 saturated heterocycles. The minimum absolute atomic E-state index is 0.417. The van der Waals surface area contributed by atoms with E-state index in [2.05, 4.69) is 39.4 Å². The van der Waals surface area contributed by atoms with Crippen molar-refractivity contribution < 1.29 is 8.42 Å². The number of nitrogens with zero attached hydrogens (tertiary/aromatic N) is 2. The van der Waals surface area contributed by atoms with Crippen molar-refractivity contribution in [2.75, 3.05) is 39.5 Å². The summed E-state index contributed by atoms with van der Waals surface area (Å²) in [7, 11) is -1.37. The van der Waals surface area contributed by atoms with Crippen LogP contribution in [0.15, 0.2) is 21.8 Å². The molecule has 0 aliphatic carbocycles. The van der Waals surface area contributed by atoms with E-state index < -0.39 is 10.0 Å². The van der Waals surface area contributed by atoms with Crippen molar-refractivity contribution in [3.8, 4) is 0 Å². The summed E-state index contributed by atoms with van der Waals surface area (Å²) >= 11 is 1.70. The topological polar surface area (TPSA) is 73.8 Å². The first-order valence-electron chi connectivity index (χ1n) is 7.80. The maximum absolute atomic E-state index is 11.5. The van der Waals surface area contributed by atoms with Crippen molar-refractivity contribution in [3.05, 3.63) is 22.4 Å². The molecule has 1 aromatic rings. The Morgan fingerprint density at radius 2 is 2.17 bits per heavy atom. The van der Waals surface area contributed by atoms with Crippen LogP contribution >= 0.6 is 11.3 Å². The summed E-state index contributed by atoms with van der Waals surface area (Å²) in [5, 5.41) is 10.8. The molecule has 1 aromatic heterocycles. The molecule has 0 spiro atoms. The molecule has 0 aromatic carbocycles. The van der Waals surface area contributed by atoms with Crippen LogP contribution < -0.4 is 10.6 Å². The minimum atomic E-state index is -3.11. The van der Waals surface area contributed by atoms with E-state index in [0.717, 1.165) is 18.9 Å². The van der Waals surface area contributed by atoms with E-state index in [4.69, 9.17) is 0 Å². The van der Waals surface area contributed by atoms with Gasteiger partial charge in [0, 0.05) is 33.2 Å². The first-order chi connectivity index (χ1) is 10.9. The second-order valence-electron chi connectivity index (χ2n) is 5.45. The van der Waals surface area contributed by atoms with E-state index >= 15 is 0 Å². The summed E-state index contributed by atoms with van der Waals surface area (Å²) in [5.41, 5.74) is 1.32. The van der Waals surface area contributed by atoms with Gasteiger partial charge in [0.25, 0.3) is 0 Å². The number of aliphatic imine (C=N–C) groups is 1. The number of sulfonamides is 1. The van der Waals surface area contributed by atoms with Gasteiger partial charge in [-0.1, -0.05) is 13.8 Å². The molecule has 6 nitrogen and oxygen atoms in total. The summed E-state index contributed by atoms with van der Waals surface area (Å²) in [5.74, 6) is 1.16. The molecule has 0 fully saturated rings. The zero-order valence-corrected chi connectivity index (χ0v) is 16.0. The van der Waals surface area contributed by atoms with Gasteiger partial charge in [0.05, 0.1) is 6.26 Å². The fourth-order valence-electron chi connectivity index (χ4n) is 2.16. The van der Waals surface area contributed by atoms with Crippen molar-refractivity contribution in [1.82, 2.24) is 14.9 Å². The summed E-state index contributed by atoms with van der Waals surface area (Å²) in [6.07, 6.45) is 1.98. The van der Waals surface area contributed by atoms with Gasteiger partial charge >= 0.3 is 0 Å². The third-order valence-corrected chi connectivity index (χ3v) is 5.69. The monoisotopic (exact) mass is 360 g/mol. The molecule has 132 valence electrons. The highest BCUT2D eigenvalue weighted by Crippen LogP contribution is 2.16. The second kappa shape index (κ2) is 9.89. The predicted molar refractivity (Wildman–Crippen MR) is 98.8 cm³/mol. The maximum Gasteiger partial charge on any atom is 0.211 e. The molecule has 1 atom stereocenters. The molecule has 0 bridgehead atoms. The van der Waals surface area contributed by atoms with Gasteiger partial charge in [0.15, 0.2) is 5.96 Å². The maximum atomic E-state index is 11.5. The highest BCUT2D eigenvalue weighted by molar-refractivity contribution is 7.88. The molecule has 1 heterocycles. The summed E-state index contributed by atoms with van der Waals surface area (Å²) in [6, 6.07) is 2.14. The Labute approximate surface area is 144 Å². The zero-order chi connectivity index (χ0) is 17.3. The number of guanidine groups is 1. The van der Waals surface area contributed by atoms with Crippen molar-refractivity contribution in [2.45, 2.75) is 26.2 Å². The summed E-state index contributed by atoms with van der Waals surface area (Å²) < 4.78 is 24.5. The number of hydrogen-bond donors (Lipinski definition) is 2. The van der Waals surface area contributed by atoms with E-state index in [1.165, 1.54) is 16.1 Å². The van der Waals surface area contributed by atoms with Crippen LogP contribution in [0.4, 0.5) is 0 Å². The van der Waals surface area contributed by atoms with Gasteiger partial charge in [0.1, 0.15) is 0 Å². The Morgan fingerprint density at radius 1 is 1.43 bits per heavy atom. The minimum Gasteiger partial charge on any atom is -0.356 e. The first kappa shape index (κ1) is 19.9.